The van der Waals surface area contributed by atoms with Crippen LogP contribution in [0.2, 0.25) is 0 Å². The van der Waals surface area contributed by atoms with Gasteiger partial charge in [-0.05, 0) is 81.0 Å². The number of fused-ring (bicyclic) bond motifs is 1. The van der Waals surface area contributed by atoms with Gasteiger partial charge in [-0.15, -0.1) is 0 Å². The Kier molecular flexibility index (Phi) is 7.58. The second-order valence-corrected chi connectivity index (χ2v) is 11.0. The monoisotopic (exact) mass is 443 g/mol. The summed E-state index contributed by atoms with van der Waals surface area (Å²) in [6.07, 6.45) is 17.2. The Morgan fingerprint density at radius 1 is 1.19 bits per heavy atom. The van der Waals surface area contributed by atoms with Gasteiger partial charge in [-0.3, -0.25) is 0 Å². The molecule has 7 atom stereocenters. The Bertz CT molecular complexity index is 789. The molecule has 4 rings (SSSR count). The number of hydrogen-bond donors (Lipinski definition) is 3. The van der Waals surface area contributed by atoms with Crippen molar-refractivity contribution in [2.24, 2.45) is 23.2 Å². The summed E-state index contributed by atoms with van der Waals surface area (Å²) in [7, 11) is 0. The van der Waals surface area contributed by atoms with Crippen LogP contribution < -0.4 is 0 Å². The molecule has 3 fully saturated rings. The van der Waals surface area contributed by atoms with E-state index in [9.17, 15) is 15.3 Å². The van der Waals surface area contributed by atoms with Crippen LogP contribution in [0.1, 0.15) is 96.3 Å². The number of hydrogen-bond acceptors (Lipinski definition) is 5. The van der Waals surface area contributed by atoms with E-state index in [0.717, 1.165) is 25.2 Å². The molecule has 1 aromatic heterocycles. The van der Waals surface area contributed by atoms with E-state index in [0.29, 0.717) is 42.2 Å². The standard InChI is InChI=1S/C27H41NO4/c1-18(5-3-7-26(31)25-16-32-17-28-25)23-10-11-24-20(6-4-12-27(23,24)2)9-8-19-13-21(29)15-22(30)14-19/h8-9,16-18,21-24,26,29-31H,3-7,10-15H2,1-2H3/b20-9+/t18-,21-,22-,23-,24+,26-,27-/m1/s1. The van der Waals surface area contributed by atoms with Crippen molar-refractivity contribution in [1.82, 2.24) is 4.98 Å². The van der Waals surface area contributed by atoms with Crippen molar-refractivity contribution in [2.75, 3.05) is 0 Å². The molecule has 0 aliphatic heterocycles. The number of oxazole rings is 1. The van der Waals surface area contributed by atoms with Crippen LogP contribution in [-0.2, 0) is 0 Å². The van der Waals surface area contributed by atoms with E-state index >= 15 is 0 Å². The molecule has 1 aromatic rings. The molecule has 5 nitrogen and oxygen atoms in total. The first kappa shape index (κ1) is 23.7. The van der Waals surface area contributed by atoms with Crippen molar-refractivity contribution in [3.63, 3.8) is 0 Å². The lowest BCUT2D eigenvalue weighted by atomic mass is 9.60. The largest absolute Gasteiger partial charge is 0.451 e. The Hall–Kier alpha value is -1.43. The Labute approximate surface area is 192 Å². The number of allylic oxidation sites excluding steroid dienone is 3. The summed E-state index contributed by atoms with van der Waals surface area (Å²) in [6.45, 7) is 4.93. The lowest BCUT2D eigenvalue weighted by molar-refractivity contribution is 0.0609. The molecule has 5 heteroatoms. The molecule has 0 aromatic carbocycles. The maximum Gasteiger partial charge on any atom is 0.180 e. The summed E-state index contributed by atoms with van der Waals surface area (Å²) in [5.41, 5.74) is 3.76. The van der Waals surface area contributed by atoms with Crippen LogP contribution in [0.3, 0.4) is 0 Å². The van der Waals surface area contributed by atoms with Gasteiger partial charge in [-0.25, -0.2) is 4.98 Å². The lowest BCUT2D eigenvalue weighted by Gasteiger charge is -2.44. The summed E-state index contributed by atoms with van der Waals surface area (Å²) in [6, 6.07) is 0. The van der Waals surface area contributed by atoms with Gasteiger partial charge in [0.05, 0.1) is 18.3 Å². The third kappa shape index (κ3) is 5.21. The van der Waals surface area contributed by atoms with Gasteiger partial charge in [0.1, 0.15) is 12.0 Å². The van der Waals surface area contributed by atoms with E-state index in [4.69, 9.17) is 4.42 Å². The highest BCUT2D eigenvalue weighted by atomic mass is 16.3. The summed E-state index contributed by atoms with van der Waals surface area (Å²) < 4.78 is 4.99. The van der Waals surface area contributed by atoms with E-state index < -0.39 is 18.3 Å². The molecule has 3 N–H and O–H groups in total. The second kappa shape index (κ2) is 10.2. The Balaban J connectivity index is 1.36. The highest BCUT2D eigenvalue weighted by molar-refractivity contribution is 5.26. The maximum atomic E-state index is 10.3. The van der Waals surface area contributed by atoms with Crippen LogP contribution in [0, 0.1) is 23.2 Å². The minimum absolute atomic E-state index is 0.359. The first-order valence-electron chi connectivity index (χ1n) is 12.7. The van der Waals surface area contributed by atoms with Gasteiger partial charge in [-0.1, -0.05) is 50.0 Å². The average Bonchev–Trinajstić information content (AvgIpc) is 3.39. The molecule has 0 amide bonds. The molecule has 0 bridgehead atoms. The molecule has 178 valence electrons. The highest BCUT2D eigenvalue weighted by Crippen LogP contribution is 2.60. The quantitative estimate of drug-likeness (QED) is 0.519. The van der Waals surface area contributed by atoms with Gasteiger partial charge in [0.2, 0.25) is 0 Å². The van der Waals surface area contributed by atoms with Crippen molar-refractivity contribution >= 4 is 0 Å². The van der Waals surface area contributed by atoms with Crippen LogP contribution in [-0.4, -0.2) is 32.5 Å². The van der Waals surface area contributed by atoms with Crippen molar-refractivity contribution in [2.45, 2.75) is 103 Å². The minimum Gasteiger partial charge on any atom is -0.451 e. The van der Waals surface area contributed by atoms with Gasteiger partial charge < -0.3 is 19.7 Å². The predicted molar refractivity (Wildman–Crippen MR) is 125 cm³/mol. The van der Waals surface area contributed by atoms with Crippen LogP contribution in [0.25, 0.3) is 0 Å². The summed E-state index contributed by atoms with van der Waals surface area (Å²) >= 11 is 0. The zero-order valence-corrected chi connectivity index (χ0v) is 19.7. The fourth-order valence-electron chi connectivity index (χ4n) is 7.11. The van der Waals surface area contributed by atoms with Gasteiger partial charge in [-0.2, -0.15) is 0 Å². The van der Waals surface area contributed by atoms with Gasteiger partial charge in [0.25, 0.3) is 0 Å². The van der Waals surface area contributed by atoms with Crippen LogP contribution >= 0.6 is 0 Å². The molecular weight excluding hydrogens is 402 g/mol. The smallest absolute Gasteiger partial charge is 0.180 e. The molecule has 3 aliphatic rings. The summed E-state index contributed by atoms with van der Waals surface area (Å²) in [4.78, 5) is 4.07. The Morgan fingerprint density at radius 3 is 2.69 bits per heavy atom. The van der Waals surface area contributed by atoms with Crippen LogP contribution in [0.15, 0.2) is 40.4 Å². The molecule has 0 radical (unpaired) electrons. The molecular formula is C27H41NO4. The third-order valence-electron chi connectivity index (χ3n) is 8.73. The zero-order chi connectivity index (χ0) is 22.7. The molecule has 0 spiro atoms. The van der Waals surface area contributed by atoms with Crippen molar-refractivity contribution < 1.29 is 19.7 Å². The van der Waals surface area contributed by atoms with Crippen molar-refractivity contribution in [3.8, 4) is 0 Å². The first-order chi connectivity index (χ1) is 15.4. The molecule has 0 saturated heterocycles. The highest BCUT2D eigenvalue weighted by Gasteiger charge is 2.50. The maximum absolute atomic E-state index is 10.3. The lowest BCUT2D eigenvalue weighted by Crippen LogP contribution is -2.36. The minimum atomic E-state index is -0.526. The Morgan fingerprint density at radius 2 is 1.97 bits per heavy atom. The topological polar surface area (TPSA) is 86.7 Å². The number of nitrogens with zero attached hydrogens (tertiary/aromatic N) is 1. The van der Waals surface area contributed by atoms with Crippen LogP contribution in [0.5, 0.6) is 0 Å². The van der Waals surface area contributed by atoms with E-state index in [-0.39, 0.29) is 0 Å². The number of aliphatic hydroxyl groups excluding tert-OH is 3. The second-order valence-electron chi connectivity index (χ2n) is 11.0. The van der Waals surface area contributed by atoms with Gasteiger partial charge in [0.15, 0.2) is 6.39 Å². The molecule has 32 heavy (non-hydrogen) atoms. The van der Waals surface area contributed by atoms with Gasteiger partial charge in [0, 0.05) is 0 Å². The molecule has 0 unspecified atom stereocenters. The number of rotatable bonds is 7. The molecule has 3 saturated carbocycles. The van der Waals surface area contributed by atoms with Crippen LogP contribution in [0.4, 0.5) is 0 Å². The predicted octanol–water partition coefficient (Wildman–Crippen LogP) is 5.49. The fraction of sp³-hybridized carbons (Fsp3) is 0.741. The third-order valence-corrected chi connectivity index (χ3v) is 8.73. The fourth-order valence-corrected chi connectivity index (χ4v) is 7.11. The summed E-state index contributed by atoms with van der Waals surface area (Å²) in [5, 5.41) is 30.3. The average molecular weight is 444 g/mol. The van der Waals surface area contributed by atoms with Gasteiger partial charge >= 0.3 is 0 Å². The molecule has 3 aliphatic carbocycles. The van der Waals surface area contributed by atoms with Crippen molar-refractivity contribution in [3.05, 3.63) is 41.6 Å². The van der Waals surface area contributed by atoms with E-state index in [1.54, 1.807) is 5.57 Å². The number of aromatic nitrogens is 1. The van der Waals surface area contributed by atoms with E-state index in [2.05, 4.69) is 31.0 Å². The number of aliphatic hydroxyl groups is 3. The van der Waals surface area contributed by atoms with Crippen molar-refractivity contribution in [1.29, 1.82) is 0 Å². The SMILES string of the molecule is C[C@H](CCC[C@@H](O)c1cocn1)[C@H]1CC[C@H]2/C(=C/C=C3C[C@@H](O)C[C@H](O)C3)CCC[C@]12C. The molecule has 1 heterocycles. The zero-order valence-electron chi connectivity index (χ0n) is 19.7. The van der Waals surface area contributed by atoms with E-state index in [1.807, 2.05) is 0 Å². The van der Waals surface area contributed by atoms with E-state index in [1.165, 1.54) is 50.3 Å². The first-order valence-corrected chi connectivity index (χ1v) is 12.7. The normalized spacial score (nSPS) is 36.2. The summed E-state index contributed by atoms with van der Waals surface area (Å²) in [5.74, 6) is 2.03.